The summed E-state index contributed by atoms with van der Waals surface area (Å²) in [5.74, 6) is -0.109. The molecule has 0 unspecified atom stereocenters. The average molecular weight is 451 g/mol. The second-order valence-electron chi connectivity index (χ2n) is 7.60. The summed E-state index contributed by atoms with van der Waals surface area (Å²) in [6.45, 7) is 1.91. The van der Waals surface area contributed by atoms with Crippen LogP contribution in [0, 0.1) is 0 Å². The summed E-state index contributed by atoms with van der Waals surface area (Å²) in [6, 6.07) is 6.60. The summed E-state index contributed by atoms with van der Waals surface area (Å²) in [5, 5.41) is 9.67. The molecular weight excluding hydrogens is 424 g/mol. The van der Waals surface area contributed by atoms with Crippen molar-refractivity contribution in [3.05, 3.63) is 40.6 Å². The molecule has 2 N–H and O–H groups in total. The van der Waals surface area contributed by atoms with Crippen molar-refractivity contribution >= 4 is 33.2 Å². The van der Waals surface area contributed by atoms with E-state index in [4.69, 9.17) is 0 Å². The first-order valence-electron chi connectivity index (χ1n) is 9.81. The highest BCUT2D eigenvalue weighted by atomic mass is 32.2. The largest absolute Gasteiger partial charge is 0.346 e. The molecule has 1 aromatic carbocycles. The van der Waals surface area contributed by atoms with Gasteiger partial charge in [0.1, 0.15) is 12.4 Å². The van der Waals surface area contributed by atoms with Gasteiger partial charge in [-0.25, -0.2) is 22.2 Å². The summed E-state index contributed by atoms with van der Waals surface area (Å²) < 4.78 is 27.3. The fourth-order valence-corrected chi connectivity index (χ4v) is 4.46. The Kier molecular flexibility index (Phi) is 6.60. The monoisotopic (exact) mass is 450 g/mol. The molecule has 0 radical (unpaired) electrons. The Labute approximate surface area is 180 Å². The number of benzene rings is 1. The van der Waals surface area contributed by atoms with E-state index in [2.05, 4.69) is 15.7 Å². The van der Waals surface area contributed by atoms with Crippen LogP contribution < -0.4 is 16.3 Å². The third kappa shape index (κ3) is 5.58. The van der Waals surface area contributed by atoms with Crippen molar-refractivity contribution in [1.82, 2.24) is 18.7 Å². The lowest BCUT2D eigenvalue weighted by molar-refractivity contribution is -0.117. The van der Waals surface area contributed by atoms with Gasteiger partial charge >= 0.3 is 5.69 Å². The van der Waals surface area contributed by atoms with Gasteiger partial charge in [-0.2, -0.15) is 5.10 Å². The molecular formula is C19H26N6O5S. The number of hydrogen-bond donors (Lipinski definition) is 2. The summed E-state index contributed by atoms with van der Waals surface area (Å²) in [5.41, 5.74) is 0.728. The number of anilines is 2. The predicted molar refractivity (Wildman–Crippen MR) is 115 cm³/mol. The van der Waals surface area contributed by atoms with Crippen LogP contribution in [0.15, 0.2) is 29.1 Å². The lowest BCUT2D eigenvalue weighted by Crippen LogP contribution is -2.37. The molecule has 1 aromatic heterocycles. The van der Waals surface area contributed by atoms with E-state index in [9.17, 15) is 22.8 Å². The molecule has 168 valence electrons. The predicted octanol–water partition coefficient (Wildman–Crippen LogP) is 0.318. The molecule has 0 saturated carbocycles. The number of piperidine rings is 1. The first-order chi connectivity index (χ1) is 14.5. The van der Waals surface area contributed by atoms with E-state index >= 15 is 0 Å². The van der Waals surface area contributed by atoms with E-state index in [1.54, 1.807) is 31.3 Å². The molecule has 0 spiro atoms. The third-order valence-electron chi connectivity index (χ3n) is 5.15. The highest BCUT2D eigenvalue weighted by molar-refractivity contribution is 7.88. The molecule has 1 fully saturated rings. The maximum Gasteiger partial charge on any atom is 0.346 e. The van der Waals surface area contributed by atoms with E-state index in [0.29, 0.717) is 43.1 Å². The van der Waals surface area contributed by atoms with Crippen LogP contribution >= 0.6 is 0 Å². The van der Waals surface area contributed by atoms with Gasteiger partial charge in [0.25, 0.3) is 0 Å². The van der Waals surface area contributed by atoms with Gasteiger partial charge in [0.15, 0.2) is 0 Å². The summed E-state index contributed by atoms with van der Waals surface area (Å²) in [7, 11) is -1.63. The quantitative estimate of drug-likeness (QED) is 0.651. The van der Waals surface area contributed by atoms with Crippen LogP contribution in [0.1, 0.15) is 31.5 Å². The second kappa shape index (κ2) is 9.02. The molecule has 2 aromatic rings. The molecule has 12 heteroatoms. The number of carbonyl (C=O) groups excluding carboxylic acids is 2. The molecule has 1 aliphatic rings. The van der Waals surface area contributed by atoms with Crippen LogP contribution in [0.3, 0.4) is 0 Å². The SMILES string of the molecule is CC(=O)Nc1ccc(NC(=O)Cn2nc(C3CCN(S(C)(=O)=O)CC3)n(C)c2=O)cc1. The van der Waals surface area contributed by atoms with Crippen molar-refractivity contribution in [2.24, 2.45) is 7.05 Å². The maximum absolute atomic E-state index is 12.5. The number of nitrogens with zero attached hydrogens (tertiary/aromatic N) is 4. The number of sulfonamides is 1. The van der Waals surface area contributed by atoms with Crippen LogP contribution in [-0.4, -0.2) is 58.2 Å². The fourth-order valence-electron chi connectivity index (χ4n) is 3.59. The number of amides is 2. The number of carbonyl (C=O) groups is 2. The Morgan fingerprint density at radius 2 is 1.65 bits per heavy atom. The lowest BCUT2D eigenvalue weighted by atomic mass is 9.97. The van der Waals surface area contributed by atoms with Gasteiger partial charge < -0.3 is 10.6 Å². The van der Waals surface area contributed by atoms with Crippen molar-refractivity contribution in [2.45, 2.75) is 32.2 Å². The zero-order valence-electron chi connectivity index (χ0n) is 17.7. The highest BCUT2D eigenvalue weighted by Gasteiger charge is 2.29. The normalized spacial score (nSPS) is 15.6. The molecule has 11 nitrogen and oxygen atoms in total. The third-order valence-corrected chi connectivity index (χ3v) is 6.45. The minimum Gasteiger partial charge on any atom is -0.326 e. The summed E-state index contributed by atoms with van der Waals surface area (Å²) in [6.07, 6.45) is 2.30. The Balaban J connectivity index is 1.64. The molecule has 0 bridgehead atoms. The van der Waals surface area contributed by atoms with Gasteiger partial charge in [-0.05, 0) is 37.1 Å². The highest BCUT2D eigenvalue weighted by Crippen LogP contribution is 2.26. The first kappa shape index (κ1) is 22.7. The van der Waals surface area contributed by atoms with Gasteiger partial charge in [-0.3, -0.25) is 14.2 Å². The van der Waals surface area contributed by atoms with Gasteiger partial charge in [-0.1, -0.05) is 0 Å². The van der Waals surface area contributed by atoms with E-state index in [1.807, 2.05) is 0 Å². The van der Waals surface area contributed by atoms with Crippen LogP contribution in [0.2, 0.25) is 0 Å². The van der Waals surface area contributed by atoms with E-state index in [-0.39, 0.29) is 18.4 Å². The van der Waals surface area contributed by atoms with Crippen molar-refractivity contribution in [3.8, 4) is 0 Å². The molecule has 2 amide bonds. The molecule has 1 saturated heterocycles. The van der Waals surface area contributed by atoms with E-state index < -0.39 is 21.6 Å². The lowest BCUT2D eigenvalue weighted by Gasteiger charge is -2.29. The van der Waals surface area contributed by atoms with Crippen molar-refractivity contribution in [1.29, 1.82) is 0 Å². The zero-order chi connectivity index (χ0) is 22.8. The van der Waals surface area contributed by atoms with Gasteiger partial charge in [0.2, 0.25) is 21.8 Å². The van der Waals surface area contributed by atoms with Crippen LogP contribution in [0.5, 0.6) is 0 Å². The molecule has 2 heterocycles. The Morgan fingerprint density at radius 1 is 1.10 bits per heavy atom. The van der Waals surface area contributed by atoms with Gasteiger partial charge in [-0.15, -0.1) is 0 Å². The van der Waals surface area contributed by atoms with Crippen molar-refractivity contribution < 1.29 is 18.0 Å². The Morgan fingerprint density at radius 3 is 2.16 bits per heavy atom. The molecule has 1 aliphatic heterocycles. The van der Waals surface area contributed by atoms with Crippen molar-refractivity contribution in [3.63, 3.8) is 0 Å². The first-order valence-corrected chi connectivity index (χ1v) is 11.7. The van der Waals surface area contributed by atoms with E-state index in [1.165, 1.54) is 22.1 Å². The van der Waals surface area contributed by atoms with Crippen LogP contribution in [-0.2, 0) is 33.2 Å². The van der Waals surface area contributed by atoms with Gasteiger partial charge in [0, 0.05) is 44.4 Å². The standard InChI is InChI=1S/C19H26N6O5S/c1-13(26)20-15-4-6-16(7-5-15)21-17(27)12-25-19(28)23(2)18(22-25)14-8-10-24(11-9-14)31(3,29)30/h4-7,14H,8-12H2,1-3H3,(H,20,26)(H,21,27). The van der Waals surface area contributed by atoms with Crippen molar-refractivity contribution in [2.75, 3.05) is 30.0 Å². The Bertz CT molecular complexity index is 1130. The number of rotatable bonds is 6. The van der Waals surface area contributed by atoms with Crippen LogP contribution in [0.4, 0.5) is 11.4 Å². The minimum atomic E-state index is -3.23. The molecule has 0 atom stereocenters. The summed E-state index contributed by atoms with van der Waals surface area (Å²) in [4.78, 5) is 36.0. The topological polar surface area (TPSA) is 135 Å². The average Bonchev–Trinajstić information content (AvgIpc) is 2.97. The zero-order valence-corrected chi connectivity index (χ0v) is 18.5. The number of aromatic nitrogens is 3. The van der Waals surface area contributed by atoms with E-state index in [0.717, 1.165) is 4.68 Å². The number of hydrogen-bond acceptors (Lipinski definition) is 6. The minimum absolute atomic E-state index is 0.0543. The summed E-state index contributed by atoms with van der Waals surface area (Å²) >= 11 is 0. The Hall–Kier alpha value is -2.99. The number of nitrogens with one attached hydrogen (secondary N) is 2. The maximum atomic E-state index is 12.5. The molecule has 0 aliphatic carbocycles. The second-order valence-corrected chi connectivity index (χ2v) is 9.58. The molecule has 31 heavy (non-hydrogen) atoms. The van der Waals surface area contributed by atoms with Crippen LogP contribution in [0.25, 0.3) is 0 Å². The smallest absolute Gasteiger partial charge is 0.326 e. The fraction of sp³-hybridized carbons (Fsp3) is 0.474. The molecule has 3 rings (SSSR count). The van der Waals surface area contributed by atoms with Gasteiger partial charge in [0.05, 0.1) is 6.26 Å².